The molecule has 0 aliphatic carbocycles. The molecule has 0 radical (unpaired) electrons. The van der Waals surface area contributed by atoms with E-state index in [1.54, 1.807) is 6.21 Å². The van der Waals surface area contributed by atoms with Gasteiger partial charge in [-0.05, 0) is 36.8 Å². The van der Waals surface area contributed by atoms with Gasteiger partial charge in [-0.1, -0.05) is 37.6 Å². The van der Waals surface area contributed by atoms with Crippen molar-refractivity contribution in [3.05, 3.63) is 35.4 Å². The summed E-state index contributed by atoms with van der Waals surface area (Å²) < 4.78 is 3.74. The highest BCUT2D eigenvalue weighted by atomic mass is 32.1. The molecule has 0 atom stereocenters. The van der Waals surface area contributed by atoms with E-state index in [1.807, 2.05) is 6.07 Å². The molecule has 0 heterocycles. The topological polar surface area (TPSA) is 12.4 Å². The predicted molar refractivity (Wildman–Crippen MR) is 61.6 cm³/mol. The Hall–Kier alpha value is -0.760. The number of unbranched alkanes of at least 4 members (excludes halogenated alkanes) is 1. The van der Waals surface area contributed by atoms with Gasteiger partial charge in [0.25, 0.3) is 0 Å². The van der Waals surface area contributed by atoms with Crippen molar-refractivity contribution in [2.24, 2.45) is 4.40 Å². The largest absolute Gasteiger partial charge is 0.227 e. The minimum atomic E-state index is 1.13. The molecule has 0 aliphatic heterocycles. The van der Waals surface area contributed by atoms with Crippen molar-refractivity contribution < 1.29 is 0 Å². The minimum Gasteiger partial charge on any atom is -0.227 e. The van der Waals surface area contributed by atoms with Gasteiger partial charge in [0.05, 0.1) is 0 Å². The third-order valence-corrected chi connectivity index (χ3v) is 2.17. The van der Waals surface area contributed by atoms with E-state index in [9.17, 15) is 0 Å². The lowest BCUT2D eigenvalue weighted by molar-refractivity contribution is 0.794. The zero-order valence-corrected chi connectivity index (χ0v) is 8.80. The summed E-state index contributed by atoms with van der Waals surface area (Å²) in [6, 6.07) is 8.33. The van der Waals surface area contributed by atoms with Crippen molar-refractivity contribution in [1.82, 2.24) is 0 Å². The van der Waals surface area contributed by atoms with Gasteiger partial charge in [-0.15, -0.1) is 0 Å². The van der Waals surface area contributed by atoms with Crippen LogP contribution < -0.4 is 0 Å². The molecule has 0 N–H and O–H groups in total. The van der Waals surface area contributed by atoms with Crippen molar-refractivity contribution >= 4 is 19.0 Å². The number of hydrogen-bond donors (Lipinski definition) is 1. The summed E-state index contributed by atoms with van der Waals surface area (Å²) in [6.07, 6.45) is 5.39. The van der Waals surface area contributed by atoms with Crippen LogP contribution in [0.5, 0.6) is 0 Å². The maximum absolute atomic E-state index is 3.84. The van der Waals surface area contributed by atoms with Crippen LogP contribution in [0, 0.1) is 0 Å². The van der Waals surface area contributed by atoms with E-state index in [0.717, 1.165) is 6.42 Å². The highest BCUT2D eigenvalue weighted by Crippen LogP contribution is 2.10. The van der Waals surface area contributed by atoms with Gasteiger partial charge in [0, 0.05) is 6.21 Å². The van der Waals surface area contributed by atoms with Gasteiger partial charge in [-0.3, -0.25) is 0 Å². The van der Waals surface area contributed by atoms with E-state index in [0.29, 0.717) is 0 Å². The number of nitrogens with zero attached hydrogens (tertiary/aromatic N) is 1. The fourth-order valence-electron chi connectivity index (χ4n) is 1.32. The Morgan fingerprint density at radius 1 is 1.38 bits per heavy atom. The molecule has 0 saturated heterocycles. The summed E-state index contributed by atoms with van der Waals surface area (Å²) in [5, 5.41) is 0. The summed E-state index contributed by atoms with van der Waals surface area (Å²) in [5.41, 5.74) is 2.55. The van der Waals surface area contributed by atoms with Crippen LogP contribution in [0.15, 0.2) is 28.7 Å². The Labute approximate surface area is 85.4 Å². The SMILES string of the molecule is CCCCc1ccccc1C=NS. The standard InChI is InChI=1S/C11H15NS/c1-2-3-6-10-7-4-5-8-11(10)9-12-13/h4-5,7-9,13H,2-3,6H2,1H3. The Balaban J connectivity index is 2.78. The third-order valence-electron chi connectivity index (χ3n) is 2.05. The van der Waals surface area contributed by atoms with E-state index >= 15 is 0 Å². The average Bonchev–Trinajstić information content (AvgIpc) is 2.17. The van der Waals surface area contributed by atoms with E-state index in [2.05, 4.69) is 42.3 Å². The number of benzene rings is 1. The second-order valence-electron chi connectivity index (χ2n) is 3.05. The maximum Gasteiger partial charge on any atom is 0.0423 e. The molecule has 1 aromatic carbocycles. The van der Waals surface area contributed by atoms with Crippen LogP contribution in [0.3, 0.4) is 0 Å². The zero-order valence-electron chi connectivity index (χ0n) is 7.90. The first-order chi connectivity index (χ1) is 6.38. The van der Waals surface area contributed by atoms with Crippen LogP contribution in [0.1, 0.15) is 30.9 Å². The van der Waals surface area contributed by atoms with Crippen molar-refractivity contribution in [2.75, 3.05) is 0 Å². The maximum atomic E-state index is 3.84. The van der Waals surface area contributed by atoms with Crippen LogP contribution in [0.25, 0.3) is 0 Å². The molecular weight excluding hydrogens is 178 g/mol. The van der Waals surface area contributed by atoms with Crippen molar-refractivity contribution in [3.63, 3.8) is 0 Å². The lowest BCUT2D eigenvalue weighted by atomic mass is 10.0. The summed E-state index contributed by atoms with van der Waals surface area (Å²) >= 11 is 3.84. The van der Waals surface area contributed by atoms with Gasteiger partial charge in [0.15, 0.2) is 0 Å². The molecule has 0 bridgehead atoms. The summed E-state index contributed by atoms with van der Waals surface area (Å²) in [7, 11) is 0. The van der Waals surface area contributed by atoms with Crippen molar-refractivity contribution in [1.29, 1.82) is 0 Å². The minimum absolute atomic E-state index is 1.13. The molecule has 2 heteroatoms. The normalized spacial score (nSPS) is 10.9. The summed E-state index contributed by atoms with van der Waals surface area (Å²) in [6.45, 7) is 2.20. The molecule has 1 aromatic rings. The first kappa shape index (κ1) is 10.3. The second-order valence-corrected chi connectivity index (χ2v) is 3.28. The smallest absolute Gasteiger partial charge is 0.0423 e. The predicted octanol–water partition coefficient (Wildman–Crippen LogP) is 3.29. The number of aryl methyl sites for hydroxylation is 1. The zero-order chi connectivity index (χ0) is 9.52. The van der Waals surface area contributed by atoms with Gasteiger partial charge in [0.1, 0.15) is 0 Å². The number of rotatable bonds is 4. The van der Waals surface area contributed by atoms with Gasteiger partial charge in [-0.25, -0.2) is 4.40 Å². The average molecular weight is 193 g/mol. The molecule has 70 valence electrons. The second kappa shape index (κ2) is 5.81. The molecule has 13 heavy (non-hydrogen) atoms. The molecule has 0 saturated carbocycles. The van der Waals surface area contributed by atoms with Crippen molar-refractivity contribution in [2.45, 2.75) is 26.2 Å². The van der Waals surface area contributed by atoms with Crippen LogP contribution in [0.2, 0.25) is 0 Å². The summed E-state index contributed by atoms with van der Waals surface area (Å²) in [5.74, 6) is 0. The Kier molecular flexibility index (Phi) is 4.61. The first-order valence-electron chi connectivity index (χ1n) is 4.63. The van der Waals surface area contributed by atoms with Gasteiger partial charge in [0.2, 0.25) is 0 Å². The highest BCUT2D eigenvalue weighted by molar-refractivity contribution is 7.79. The lowest BCUT2D eigenvalue weighted by Crippen LogP contribution is -1.91. The van der Waals surface area contributed by atoms with Crippen LogP contribution in [-0.2, 0) is 6.42 Å². The van der Waals surface area contributed by atoms with Crippen LogP contribution in [0.4, 0.5) is 0 Å². The molecule has 0 amide bonds. The fourth-order valence-corrected chi connectivity index (χ4v) is 1.44. The van der Waals surface area contributed by atoms with Gasteiger partial charge in [-0.2, -0.15) is 0 Å². The molecule has 1 nitrogen and oxygen atoms in total. The van der Waals surface area contributed by atoms with E-state index in [1.165, 1.54) is 24.0 Å². The van der Waals surface area contributed by atoms with Crippen LogP contribution >= 0.6 is 12.8 Å². The molecule has 0 aliphatic rings. The Morgan fingerprint density at radius 3 is 2.85 bits per heavy atom. The molecule has 0 spiro atoms. The monoisotopic (exact) mass is 193 g/mol. The molecule has 0 unspecified atom stereocenters. The first-order valence-corrected chi connectivity index (χ1v) is 5.03. The highest BCUT2D eigenvalue weighted by Gasteiger charge is 1.97. The molecule has 0 fully saturated rings. The fraction of sp³-hybridized carbons (Fsp3) is 0.364. The molecule has 0 aromatic heterocycles. The van der Waals surface area contributed by atoms with Crippen LogP contribution in [-0.4, -0.2) is 6.21 Å². The van der Waals surface area contributed by atoms with E-state index in [4.69, 9.17) is 0 Å². The van der Waals surface area contributed by atoms with E-state index < -0.39 is 0 Å². The number of hydrogen-bond acceptors (Lipinski definition) is 2. The Morgan fingerprint density at radius 2 is 2.15 bits per heavy atom. The molecular formula is C11H15NS. The van der Waals surface area contributed by atoms with E-state index in [-0.39, 0.29) is 0 Å². The third kappa shape index (κ3) is 3.23. The van der Waals surface area contributed by atoms with Gasteiger partial charge >= 0.3 is 0 Å². The van der Waals surface area contributed by atoms with Gasteiger partial charge < -0.3 is 0 Å². The quantitative estimate of drug-likeness (QED) is 0.556. The lowest BCUT2D eigenvalue weighted by Gasteiger charge is -2.03. The van der Waals surface area contributed by atoms with Crippen molar-refractivity contribution in [3.8, 4) is 0 Å². The Bertz CT molecular complexity index is 281. The number of thiol groups is 1. The molecule has 1 rings (SSSR count). The summed E-state index contributed by atoms with van der Waals surface area (Å²) in [4.78, 5) is 0.